The van der Waals surface area contributed by atoms with Crippen LogP contribution in [-0.4, -0.2) is 45.8 Å². The van der Waals surface area contributed by atoms with Crippen LogP contribution in [0.3, 0.4) is 0 Å². The molecule has 1 unspecified atom stereocenters. The fraction of sp³-hybridized carbons (Fsp3) is 0.400. The Morgan fingerprint density at radius 3 is 2.73 bits per heavy atom. The summed E-state index contributed by atoms with van der Waals surface area (Å²) in [5.74, 6) is 2.80. The first-order chi connectivity index (χ1) is 14.0. The van der Waals surface area contributed by atoms with Crippen LogP contribution in [0, 0.1) is 6.92 Å². The lowest BCUT2D eigenvalue weighted by Crippen LogP contribution is -2.39. The lowest BCUT2D eigenvalue weighted by molar-refractivity contribution is 0.0428. The van der Waals surface area contributed by atoms with E-state index in [0.717, 1.165) is 5.76 Å². The molecule has 162 valence electrons. The molecule has 1 atom stereocenters. The maximum Gasteiger partial charge on any atom is 0.276 e. The summed E-state index contributed by atoms with van der Waals surface area (Å²) in [5, 5.41) is 21.0. The Hall–Kier alpha value is -2.47. The van der Waals surface area contributed by atoms with Crippen molar-refractivity contribution in [3.05, 3.63) is 53.9 Å². The van der Waals surface area contributed by atoms with Gasteiger partial charge in [-0.2, -0.15) is 4.98 Å². The largest absolute Gasteiger partial charge is 0.463 e. The quantitative estimate of drug-likeness (QED) is 0.233. The Morgan fingerprint density at radius 1 is 1.23 bits per heavy atom. The second-order valence-corrected chi connectivity index (χ2v) is 6.79. The maximum atomic E-state index is 10.6. The Kier molecular flexibility index (Phi) is 8.78. The van der Waals surface area contributed by atoms with Crippen molar-refractivity contribution >= 4 is 29.9 Å². The van der Waals surface area contributed by atoms with Crippen LogP contribution in [0.1, 0.15) is 31.2 Å². The Balaban J connectivity index is 0.00000320. The first-order valence-corrected chi connectivity index (χ1v) is 9.53. The highest BCUT2D eigenvalue weighted by Crippen LogP contribution is 2.23. The van der Waals surface area contributed by atoms with Crippen molar-refractivity contribution in [2.45, 2.75) is 32.8 Å². The van der Waals surface area contributed by atoms with E-state index in [1.165, 1.54) is 0 Å². The molecule has 0 aromatic carbocycles. The molecule has 30 heavy (non-hydrogen) atoms. The number of nitrogens with one attached hydrogen (secondary N) is 2. The summed E-state index contributed by atoms with van der Waals surface area (Å²) in [5.41, 5.74) is -0.550. The Morgan fingerprint density at radius 2 is 2.07 bits per heavy atom. The molecule has 3 aromatic heterocycles. The van der Waals surface area contributed by atoms with Crippen LogP contribution < -0.4 is 10.6 Å². The second kappa shape index (κ2) is 11.1. The van der Waals surface area contributed by atoms with Gasteiger partial charge in [-0.15, -0.1) is 24.0 Å². The van der Waals surface area contributed by atoms with Crippen molar-refractivity contribution in [2.24, 2.45) is 4.99 Å². The van der Waals surface area contributed by atoms with Crippen molar-refractivity contribution in [1.29, 1.82) is 0 Å². The van der Waals surface area contributed by atoms with E-state index in [0.29, 0.717) is 48.6 Å². The van der Waals surface area contributed by atoms with E-state index >= 15 is 0 Å². The van der Waals surface area contributed by atoms with Gasteiger partial charge in [0.15, 0.2) is 11.8 Å². The Bertz CT molecular complexity index is 939. The minimum atomic E-state index is -1.19. The number of guanidine groups is 1. The number of aliphatic hydroxyl groups is 1. The fourth-order valence-corrected chi connectivity index (χ4v) is 2.62. The molecular formula is C20H27IN6O3. The molecular weight excluding hydrogens is 499 g/mol. The molecule has 3 heterocycles. The van der Waals surface area contributed by atoms with E-state index in [4.69, 9.17) is 8.94 Å². The number of hydrogen-bond donors (Lipinski definition) is 3. The first-order valence-electron chi connectivity index (χ1n) is 9.53. The number of rotatable bonds is 8. The molecule has 0 radical (unpaired) electrons. The zero-order valence-corrected chi connectivity index (χ0v) is 19.6. The van der Waals surface area contributed by atoms with Crippen LogP contribution in [0.4, 0.5) is 0 Å². The van der Waals surface area contributed by atoms with Crippen molar-refractivity contribution in [1.82, 2.24) is 25.8 Å². The van der Waals surface area contributed by atoms with Crippen LogP contribution in [-0.2, 0) is 12.0 Å². The van der Waals surface area contributed by atoms with E-state index < -0.39 is 5.60 Å². The highest BCUT2D eigenvalue weighted by Gasteiger charge is 2.26. The highest BCUT2D eigenvalue weighted by atomic mass is 127. The first kappa shape index (κ1) is 23.8. The summed E-state index contributed by atoms with van der Waals surface area (Å²) in [6.07, 6.45) is 2.23. The third-order valence-corrected chi connectivity index (χ3v) is 4.15. The van der Waals surface area contributed by atoms with E-state index in [9.17, 15) is 5.11 Å². The minimum Gasteiger partial charge on any atom is -0.463 e. The van der Waals surface area contributed by atoms with Crippen molar-refractivity contribution in [2.75, 3.05) is 19.6 Å². The molecule has 0 saturated heterocycles. The summed E-state index contributed by atoms with van der Waals surface area (Å²) in [6.45, 7) is 6.89. The molecule has 0 fully saturated rings. The summed E-state index contributed by atoms with van der Waals surface area (Å²) in [6, 6.07) is 9.10. The van der Waals surface area contributed by atoms with Crippen LogP contribution in [0.2, 0.25) is 0 Å². The normalized spacial score (nSPS) is 13.4. The average molecular weight is 526 g/mol. The number of nitrogens with zero attached hydrogens (tertiary/aromatic N) is 4. The van der Waals surface area contributed by atoms with Gasteiger partial charge < -0.3 is 24.7 Å². The topological polar surface area (TPSA) is 122 Å². The number of aliphatic imine (C=N–C) groups is 1. The standard InChI is InChI=1S/C20H26N6O3.HI/c1-4-21-19(24-13-20(3,27)16-9-8-14(2)28-16)23-12-10-17-25-18(29-26-17)15-7-5-6-11-22-15;/h5-9,11,27H,4,10,12-13H2,1-3H3,(H2,21,23,24);1H. The lowest BCUT2D eigenvalue weighted by atomic mass is 10.0. The van der Waals surface area contributed by atoms with Gasteiger partial charge in [-0.3, -0.25) is 4.98 Å². The van der Waals surface area contributed by atoms with Gasteiger partial charge >= 0.3 is 0 Å². The average Bonchev–Trinajstić information content (AvgIpc) is 3.36. The molecule has 0 aliphatic heterocycles. The van der Waals surface area contributed by atoms with Gasteiger partial charge in [-0.1, -0.05) is 11.2 Å². The van der Waals surface area contributed by atoms with Gasteiger partial charge in [-0.25, -0.2) is 4.99 Å². The summed E-state index contributed by atoms with van der Waals surface area (Å²) < 4.78 is 10.8. The predicted molar refractivity (Wildman–Crippen MR) is 124 cm³/mol. The fourth-order valence-electron chi connectivity index (χ4n) is 2.62. The monoisotopic (exact) mass is 526 g/mol. The molecule has 0 saturated carbocycles. The number of pyridine rings is 1. The van der Waals surface area contributed by atoms with Gasteiger partial charge in [0.1, 0.15) is 22.8 Å². The van der Waals surface area contributed by atoms with Gasteiger partial charge in [0.25, 0.3) is 5.89 Å². The smallest absolute Gasteiger partial charge is 0.276 e. The van der Waals surface area contributed by atoms with Crippen LogP contribution in [0.25, 0.3) is 11.6 Å². The number of furan rings is 1. The minimum absolute atomic E-state index is 0. The third kappa shape index (κ3) is 6.52. The highest BCUT2D eigenvalue weighted by molar-refractivity contribution is 14.0. The van der Waals surface area contributed by atoms with Crippen molar-refractivity contribution in [3.8, 4) is 11.6 Å². The summed E-state index contributed by atoms with van der Waals surface area (Å²) >= 11 is 0. The van der Waals surface area contributed by atoms with E-state index in [1.807, 2.05) is 38.1 Å². The maximum absolute atomic E-state index is 10.6. The van der Waals surface area contributed by atoms with Gasteiger partial charge in [0.2, 0.25) is 0 Å². The molecule has 0 aliphatic rings. The SMILES string of the molecule is CCNC(=NCC(C)(O)c1ccc(C)o1)NCCc1noc(-c2ccccn2)n1.I. The molecule has 9 nitrogen and oxygen atoms in total. The zero-order valence-electron chi connectivity index (χ0n) is 17.3. The van der Waals surface area contributed by atoms with Crippen molar-refractivity contribution in [3.63, 3.8) is 0 Å². The summed E-state index contributed by atoms with van der Waals surface area (Å²) in [4.78, 5) is 13.0. The molecule has 0 spiro atoms. The third-order valence-electron chi connectivity index (χ3n) is 4.15. The lowest BCUT2D eigenvalue weighted by Gasteiger charge is -2.19. The second-order valence-electron chi connectivity index (χ2n) is 6.79. The number of aryl methyl sites for hydroxylation is 1. The van der Waals surface area contributed by atoms with Gasteiger partial charge in [0, 0.05) is 25.7 Å². The van der Waals surface area contributed by atoms with Crippen molar-refractivity contribution < 1.29 is 14.0 Å². The molecule has 0 amide bonds. The van der Waals surface area contributed by atoms with Crippen LogP contribution in [0.15, 0.2) is 50.5 Å². The van der Waals surface area contributed by atoms with E-state index in [-0.39, 0.29) is 30.5 Å². The predicted octanol–water partition coefficient (Wildman–Crippen LogP) is 2.66. The molecule has 3 aromatic rings. The van der Waals surface area contributed by atoms with Gasteiger partial charge in [0.05, 0.1) is 6.54 Å². The molecule has 3 N–H and O–H groups in total. The van der Waals surface area contributed by atoms with Crippen LogP contribution >= 0.6 is 24.0 Å². The molecule has 0 bridgehead atoms. The summed E-state index contributed by atoms with van der Waals surface area (Å²) in [7, 11) is 0. The molecule has 10 heteroatoms. The number of halogens is 1. The van der Waals surface area contributed by atoms with Crippen LogP contribution in [0.5, 0.6) is 0 Å². The van der Waals surface area contributed by atoms with E-state index in [2.05, 4.69) is 30.8 Å². The molecule has 3 rings (SSSR count). The van der Waals surface area contributed by atoms with Gasteiger partial charge in [-0.05, 0) is 45.0 Å². The number of hydrogen-bond acceptors (Lipinski definition) is 7. The molecule has 0 aliphatic carbocycles. The number of aromatic nitrogens is 3. The Labute approximate surface area is 192 Å². The van der Waals surface area contributed by atoms with E-state index in [1.54, 1.807) is 19.2 Å². The zero-order chi connectivity index (χ0) is 20.7.